The lowest BCUT2D eigenvalue weighted by Crippen LogP contribution is -2.37. The van der Waals surface area contributed by atoms with Crippen molar-refractivity contribution in [1.29, 1.82) is 0 Å². The van der Waals surface area contributed by atoms with E-state index in [-0.39, 0.29) is 10.9 Å². The molecule has 0 aliphatic carbocycles. The molecule has 0 bridgehead atoms. The van der Waals surface area contributed by atoms with E-state index in [0.29, 0.717) is 24.5 Å². The third-order valence-corrected chi connectivity index (χ3v) is 4.79. The second kappa shape index (κ2) is 16.1. The first kappa shape index (κ1) is 35.6. The normalized spacial score (nSPS) is 11.5. The van der Waals surface area contributed by atoms with Crippen molar-refractivity contribution in [2.24, 2.45) is 5.73 Å². The number of alkyl halides is 6. The van der Waals surface area contributed by atoms with Crippen molar-refractivity contribution in [1.82, 2.24) is 4.98 Å². The number of nitrogens with one attached hydrogen (secondary N) is 1. The molecular formula is C25H21ClF7N3O6. The molecule has 228 valence electrons. The molecule has 0 aliphatic heterocycles. The van der Waals surface area contributed by atoms with Gasteiger partial charge in [-0.3, -0.25) is 9.78 Å². The summed E-state index contributed by atoms with van der Waals surface area (Å²) < 4.78 is 82.3. The zero-order valence-corrected chi connectivity index (χ0v) is 21.7. The maximum Gasteiger partial charge on any atom is 0.490 e. The molecule has 1 heterocycles. The van der Waals surface area contributed by atoms with Crippen LogP contribution in [-0.2, 0) is 27.4 Å². The Hall–Kier alpha value is -4.44. The van der Waals surface area contributed by atoms with E-state index >= 15 is 0 Å². The lowest BCUT2D eigenvalue weighted by Gasteiger charge is -2.13. The largest absolute Gasteiger partial charge is 0.490 e. The third-order valence-electron chi connectivity index (χ3n) is 4.50. The summed E-state index contributed by atoms with van der Waals surface area (Å²) in [6, 6.07) is 16.2. The Balaban J connectivity index is 0.000000522. The fourth-order valence-electron chi connectivity index (χ4n) is 2.52. The first-order valence-electron chi connectivity index (χ1n) is 11.1. The smallest absolute Gasteiger partial charge is 0.487 e. The molecule has 1 atom stereocenters. The van der Waals surface area contributed by atoms with Crippen LogP contribution in [0.2, 0.25) is 5.02 Å². The van der Waals surface area contributed by atoms with Gasteiger partial charge in [0.25, 0.3) is 0 Å². The van der Waals surface area contributed by atoms with E-state index < -0.39 is 36.2 Å². The van der Waals surface area contributed by atoms with Gasteiger partial charge in [-0.05, 0) is 54.4 Å². The first-order valence-corrected chi connectivity index (χ1v) is 11.5. The molecule has 2 aromatic carbocycles. The van der Waals surface area contributed by atoms with Gasteiger partial charge in [-0.1, -0.05) is 29.8 Å². The van der Waals surface area contributed by atoms with Crippen molar-refractivity contribution < 1.29 is 60.1 Å². The number of nitrogens with zero attached hydrogens (tertiary/aromatic N) is 1. The molecule has 3 aromatic rings. The Bertz CT molecular complexity index is 1300. The molecular weight excluding hydrogens is 607 g/mol. The summed E-state index contributed by atoms with van der Waals surface area (Å²) >= 11 is 5.71. The Labute approximate surface area is 237 Å². The molecule has 3 rings (SSSR count). The number of ether oxygens (including phenoxy) is 1. The molecule has 1 aromatic heterocycles. The van der Waals surface area contributed by atoms with Gasteiger partial charge < -0.3 is 26.0 Å². The zero-order valence-electron chi connectivity index (χ0n) is 20.9. The van der Waals surface area contributed by atoms with Crippen LogP contribution in [0.4, 0.5) is 36.4 Å². The molecule has 9 nitrogen and oxygen atoms in total. The topological polar surface area (TPSA) is 152 Å². The SMILES string of the molecule is N[C@@H](Cc1ccc(OCc2ccccn2)cc1)C(=O)Nc1ccc(F)c(Cl)c1.O=C(O)C(F)(F)F.O=C(O)C(F)(F)F. The number of aromatic nitrogens is 1. The highest BCUT2D eigenvalue weighted by atomic mass is 35.5. The number of nitrogens with two attached hydrogens (primary N) is 1. The van der Waals surface area contributed by atoms with Crippen LogP contribution in [0.1, 0.15) is 11.3 Å². The summed E-state index contributed by atoms with van der Waals surface area (Å²) in [7, 11) is 0. The Morgan fingerprint density at radius 1 is 0.929 bits per heavy atom. The number of pyridine rings is 1. The monoisotopic (exact) mass is 627 g/mol. The van der Waals surface area contributed by atoms with Crippen LogP contribution >= 0.6 is 11.6 Å². The van der Waals surface area contributed by atoms with E-state index in [2.05, 4.69) is 10.3 Å². The molecule has 0 spiro atoms. The summed E-state index contributed by atoms with van der Waals surface area (Å²) in [5.41, 5.74) is 8.11. The predicted molar refractivity (Wildman–Crippen MR) is 134 cm³/mol. The van der Waals surface area contributed by atoms with E-state index in [1.807, 2.05) is 42.5 Å². The number of anilines is 1. The van der Waals surface area contributed by atoms with Gasteiger partial charge in [-0.25, -0.2) is 14.0 Å². The number of carboxylic acid groups (broad SMARTS) is 2. The van der Waals surface area contributed by atoms with E-state index in [4.69, 9.17) is 41.9 Å². The van der Waals surface area contributed by atoms with Crippen LogP contribution in [0.25, 0.3) is 0 Å². The maximum atomic E-state index is 13.2. The molecule has 17 heteroatoms. The van der Waals surface area contributed by atoms with E-state index in [1.165, 1.54) is 18.2 Å². The van der Waals surface area contributed by atoms with Crippen LogP contribution in [-0.4, -0.2) is 51.4 Å². The van der Waals surface area contributed by atoms with Crippen LogP contribution in [0, 0.1) is 5.82 Å². The minimum Gasteiger partial charge on any atom is -0.487 e. The molecule has 42 heavy (non-hydrogen) atoms. The summed E-state index contributed by atoms with van der Waals surface area (Å²) in [6.45, 7) is 0.377. The highest BCUT2D eigenvalue weighted by Crippen LogP contribution is 2.20. The van der Waals surface area contributed by atoms with Gasteiger partial charge in [-0.2, -0.15) is 26.3 Å². The Morgan fingerprint density at radius 3 is 1.93 bits per heavy atom. The minimum absolute atomic E-state index is 0.0623. The quantitative estimate of drug-likeness (QED) is 0.260. The van der Waals surface area contributed by atoms with Crippen molar-refractivity contribution >= 4 is 35.1 Å². The Morgan fingerprint density at radius 2 is 1.48 bits per heavy atom. The van der Waals surface area contributed by atoms with Gasteiger partial charge in [0, 0.05) is 11.9 Å². The number of hydrogen-bond acceptors (Lipinski definition) is 6. The van der Waals surface area contributed by atoms with E-state index in [1.54, 1.807) is 6.20 Å². The lowest BCUT2D eigenvalue weighted by molar-refractivity contribution is -0.193. The number of rotatable bonds is 7. The number of carboxylic acids is 2. The molecule has 0 aliphatic rings. The first-order chi connectivity index (χ1) is 19.4. The number of carbonyl (C=O) groups excluding carboxylic acids is 1. The van der Waals surface area contributed by atoms with Crippen LogP contribution < -0.4 is 15.8 Å². The van der Waals surface area contributed by atoms with Crippen molar-refractivity contribution in [2.45, 2.75) is 31.4 Å². The molecule has 1 amide bonds. The van der Waals surface area contributed by atoms with Crippen molar-refractivity contribution in [3.63, 3.8) is 0 Å². The fourth-order valence-corrected chi connectivity index (χ4v) is 2.70. The fraction of sp³-hybridized carbons (Fsp3) is 0.200. The average molecular weight is 628 g/mol. The van der Waals surface area contributed by atoms with E-state index in [9.17, 15) is 35.5 Å². The van der Waals surface area contributed by atoms with Crippen molar-refractivity contribution in [2.75, 3.05) is 5.32 Å². The number of carbonyl (C=O) groups is 3. The molecule has 0 radical (unpaired) electrons. The maximum absolute atomic E-state index is 13.2. The number of benzene rings is 2. The summed E-state index contributed by atoms with van der Waals surface area (Å²) in [5.74, 6) is -5.74. The van der Waals surface area contributed by atoms with Gasteiger partial charge in [0.05, 0.1) is 16.8 Å². The average Bonchev–Trinajstić information content (AvgIpc) is 2.90. The number of aliphatic carboxylic acids is 2. The number of halogens is 8. The van der Waals surface area contributed by atoms with Gasteiger partial charge in [-0.15, -0.1) is 0 Å². The molecule has 0 saturated heterocycles. The van der Waals surface area contributed by atoms with E-state index in [0.717, 1.165) is 11.3 Å². The molecule has 0 saturated carbocycles. The molecule has 5 N–H and O–H groups in total. The van der Waals surface area contributed by atoms with Crippen molar-refractivity contribution in [3.05, 3.63) is 89.0 Å². The minimum atomic E-state index is -5.08. The molecule has 0 fully saturated rings. The lowest BCUT2D eigenvalue weighted by atomic mass is 10.1. The van der Waals surface area contributed by atoms with Crippen LogP contribution in [0.5, 0.6) is 5.75 Å². The van der Waals surface area contributed by atoms with Gasteiger partial charge in [0.1, 0.15) is 18.2 Å². The standard InChI is InChI=1S/C21H19ClFN3O2.2C2HF3O2/c22-18-12-15(6-9-19(18)23)26-21(27)20(24)11-14-4-7-17(8-5-14)28-13-16-3-1-2-10-25-16;2*3-2(4,5)1(6)7/h1-10,12,20H,11,13,24H2,(H,26,27);2*(H,6,7)/t20-;;/m0../s1. The third kappa shape index (κ3) is 13.8. The molecule has 0 unspecified atom stereocenters. The number of hydrogen-bond donors (Lipinski definition) is 4. The van der Waals surface area contributed by atoms with Gasteiger partial charge in [0.2, 0.25) is 5.91 Å². The van der Waals surface area contributed by atoms with Crippen LogP contribution in [0.15, 0.2) is 66.9 Å². The Kier molecular flexibility index (Phi) is 13.7. The summed E-state index contributed by atoms with van der Waals surface area (Å²) in [5, 5.41) is 16.8. The zero-order chi connectivity index (χ0) is 32.1. The predicted octanol–water partition coefficient (Wildman–Crippen LogP) is 5.23. The van der Waals surface area contributed by atoms with Gasteiger partial charge >= 0.3 is 24.3 Å². The highest BCUT2D eigenvalue weighted by Gasteiger charge is 2.38. The highest BCUT2D eigenvalue weighted by molar-refractivity contribution is 6.31. The van der Waals surface area contributed by atoms with Crippen molar-refractivity contribution in [3.8, 4) is 5.75 Å². The second-order valence-corrected chi connectivity index (χ2v) is 8.20. The number of amides is 1. The van der Waals surface area contributed by atoms with Crippen LogP contribution in [0.3, 0.4) is 0 Å². The summed E-state index contributed by atoms with van der Waals surface area (Å²) in [4.78, 5) is 34.2. The summed E-state index contributed by atoms with van der Waals surface area (Å²) in [6.07, 6.45) is -8.10. The van der Waals surface area contributed by atoms with Gasteiger partial charge in [0.15, 0.2) is 0 Å². The second-order valence-electron chi connectivity index (χ2n) is 7.79.